The Morgan fingerprint density at radius 1 is 1.17 bits per heavy atom. The fourth-order valence-corrected chi connectivity index (χ4v) is 2.94. The van der Waals surface area contributed by atoms with Crippen LogP contribution in [0, 0.1) is 6.92 Å². The summed E-state index contributed by atoms with van der Waals surface area (Å²) in [7, 11) is 0. The van der Waals surface area contributed by atoms with Crippen LogP contribution in [0.5, 0.6) is 0 Å². The lowest BCUT2D eigenvalue weighted by molar-refractivity contribution is 0.137. The molecular weight excluding hydrogens is 316 g/mol. The second-order valence-electron chi connectivity index (χ2n) is 5.98. The molecule has 0 atom stereocenters. The third-order valence-electron chi connectivity index (χ3n) is 3.63. The van der Waals surface area contributed by atoms with Crippen molar-refractivity contribution in [3.63, 3.8) is 0 Å². The van der Waals surface area contributed by atoms with E-state index in [1.165, 1.54) is 0 Å². The van der Waals surface area contributed by atoms with Gasteiger partial charge >= 0.3 is 6.03 Å². The highest BCUT2D eigenvalue weighted by atomic mass is 35.5. The third kappa shape index (κ3) is 3.20. The number of hydrogen-bond donors (Lipinski definition) is 0. The number of aryl methyl sites for hydroxylation is 1. The average molecular weight is 337 g/mol. The molecule has 0 fully saturated rings. The van der Waals surface area contributed by atoms with Gasteiger partial charge in [-0.05, 0) is 40.7 Å². The lowest BCUT2D eigenvalue weighted by Gasteiger charge is -2.29. The topological polar surface area (TPSA) is 55.5 Å². The molecule has 1 aromatic heterocycles. The number of hydrogen-bond acceptors (Lipinski definition) is 3. The lowest BCUT2D eigenvalue weighted by atomic mass is 10.1. The summed E-state index contributed by atoms with van der Waals surface area (Å²) in [6.07, 6.45) is 0. The van der Waals surface area contributed by atoms with E-state index in [0.717, 1.165) is 4.74 Å². The molecule has 0 aliphatic rings. The van der Waals surface area contributed by atoms with Crippen LogP contribution in [0.2, 0.25) is 5.02 Å². The fourth-order valence-electron chi connectivity index (χ4n) is 2.71. The molecule has 2 aromatic rings. The van der Waals surface area contributed by atoms with Crippen LogP contribution in [0.15, 0.2) is 33.6 Å². The highest BCUT2D eigenvalue weighted by Gasteiger charge is 2.28. The van der Waals surface area contributed by atoms with E-state index in [2.05, 4.69) is 0 Å². The highest BCUT2D eigenvalue weighted by Crippen LogP contribution is 2.28. The lowest BCUT2D eigenvalue weighted by Crippen LogP contribution is -2.46. The van der Waals surface area contributed by atoms with Crippen LogP contribution in [-0.2, 0) is 0 Å². The van der Waals surface area contributed by atoms with Crippen LogP contribution >= 0.6 is 11.6 Å². The minimum atomic E-state index is -0.494. The first-order chi connectivity index (χ1) is 10.8. The number of carbonyl (C=O) groups is 1. The van der Waals surface area contributed by atoms with Gasteiger partial charge in [0, 0.05) is 22.7 Å². The van der Waals surface area contributed by atoms with Gasteiger partial charge < -0.3 is 9.42 Å². The molecule has 0 spiro atoms. The summed E-state index contributed by atoms with van der Waals surface area (Å²) in [5.41, 5.74) is 0.385. The van der Waals surface area contributed by atoms with Gasteiger partial charge in [-0.15, -0.1) is 0 Å². The van der Waals surface area contributed by atoms with Gasteiger partial charge in [0.1, 0.15) is 5.76 Å². The van der Waals surface area contributed by atoms with E-state index in [1.807, 2.05) is 27.7 Å². The van der Waals surface area contributed by atoms with E-state index in [1.54, 1.807) is 36.1 Å². The predicted molar refractivity (Wildman–Crippen MR) is 91.1 cm³/mol. The Morgan fingerprint density at radius 2 is 1.74 bits per heavy atom. The molecule has 0 N–H and O–H groups in total. The standard InChI is InChI=1S/C17H21ClN2O3/c1-10(2)19(11(3)4)17(22)20-16(21)15(12(5)23-20)13-8-6-7-9-14(13)18/h6-11H,1-5H3. The molecule has 0 aliphatic heterocycles. The van der Waals surface area contributed by atoms with Gasteiger partial charge in [0.05, 0.1) is 5.56 Å². The molecule has 2 rings (SSSR count). The Bertz CT molecular complexity index is 766. The molecule has 1 heterocycles. The van der Waals surface area contributed by atoms with Gasteiger partial charge in [-0.3, -0.25) is 4.79 Å². The summed E-state index contributed by atoms with van der Waals surface area (Å²) in [6.45, 7) is 9.24. The van der Waals surface area contributed by atoms with Crippen molar-refractivity contribution in [1.29, 1.82) is 0 Å². The number of nitrogens with zero attached hydrogens (tertiary/aromatic N) is 2. The average Bonchev–Trinajstić information content (AvgIpc) is 2.74. The maximum absolute atomic E-state index is 12.7. The first-order valence-corrected chi connectivity index (χ1v) is 7.94. The van der Waals surface area contributed by atoms with Crippen LogP contribution in [0.3, 0.4) is 0 Å². The van der Waals surface area contributed by atoms with Crippen molar-refractivity contribution in [3.05, 3.63) is 45.4 Å². The number of carbonyl (C=O) groups excluding carboxylic acids is 1. The molecule has 0 saturated heterocycles. The number of aromatic nitrogens is 1. The van der Waals surface area contributed by atoms with E-state index in [-0.39, 0.29) is 12.1 Å². The van der Waals surface area contributed by atoms with E-state index < -0.39 is 11.6 Å². The minimum Gasteiger partial charge on any atom is -0.371 e. The molecule has 0 unspecified atom stereocenters. The quantitative estimate of drug-likeness (QED) is 0.845. The van der Waals surface area contributed by atoms with Crippen LogP contribution < -0.4 is 5.56 Å². The van der Waals surface area contributed by atoms with Crippen molar-refractivity contribution in [1.82, 2.24) is 9.64 Å². The van der Waals surface area contributed by atoms with Crippen molar-refractivity contribution in [2.24, 2.45) is 0 Å². The normalized spacial score (nSPS) is 11.3. The minimum absolute atomic E-state index is 0.0523. The van der Waals surface area contributed by atoms with Crippen molar-refractivity contribution in [3.8, 4) is 11.1 Å². The fraction of sp³-hybridized carbons (Fsp3) is 0.412. The monoisotopic (exact) mass is 336 g/mol. The van der Waals surface area contributed by atoms with Gasteiger partial charge in [0.2, 0.25) is 0 Å². The van der Waals surface area contributed by atoms with E-state index in [4.69, 9.17) is 16.1 Å². The number of amides is 1. The number of rotatable bonds is 3. The van der Waals surface area contributed by atoms with Gasteiger partial charge in [0.25, 0.3) is 5.56 Å². The molecule has 0 saturated carbocycles. The van der Waals surface area contributed by atoms with Crippen molar-refractivity contribution < 1.29 is 9.32 Å². The Balaban J connectivity index is 2.57. The zero-order valence-corrected chi connectivity index (χ0v) is 14.7. The zero-order valence-electron chi connectivity index (χ0n) is 14.0. The smallest absolute Gasteiger partial charge is 0.361 e. The van der Waals surface area contributed by atoms with E-state index in [9.17, 15) is 9.59 Å². The SMILES string of the molecule is Cc1on(C(=O)N(C(C)C)C(C)C)c(=O)c1-c1ccccc1Cl. The molecule has 1 amide bonds. The Hall–Kier alpha value is -2.01. The zero-order chi connectivity index (χ0) is 17.3. The number of benzene rings is 1. The first kappa shape index (κ1) is 17.3. The third-order valence-corrected chi connectivity index (χ3v) is 3.96. The molecule has 5 nitrogen and oxygen atoms in total. The number of halogens is 1. The van der Waals surface area contributed by atoms with Crippen LogP contribution in [0.4, 0.5) is 4.79 Å². The summed E-state index contributed by atoms with van der Waals surface area (Å²) in [5, 5.41) is 0.442. The van der Waals surface area contributed by atoms with Gasteiger partial charge in [-0.2, -0.15) is 0 Å². The van der Waals surface area contributed by atoms with Crippen molar-refractivity contribution >= 4 is 17.6 Å². The molecule has 124 valence electrons. The Morgan fingerprint density at radius 3 is 2.26 bits per heavy atom. The molecule has 0 aliphatic carbocycles. The largest absolute Gasteiger partial charge is 0.371 e. The first-order valence-electron chi connectivity index (χ1n) is 7.56. The molecule has 0 radical (unpaired) electrons. The maximum atomic E-state index is 12.7. The van der Waals surface area contributed by atoms with Gasteiger partial charge in [0.15, 0.2) is 0 Å². The summed E-state index contributed by atoms with van der Waals surface area (Å²) in [4.78, 5) is 27.0. The van der Waals surface area contributed by atoms with Crippen LogP contribution in [-0.4, -0.2) is 27.8 Å². The summed E-state index contributed by atoms with van der Waals surface area (Å²) in [5.74, 6) is 0.365. The molecular formula is C17H21ClN2O3. The molecule has 0 bridgehead atoms. The van der Waals surface area contributed by atoms with Gasteiger partial charge in [-0.1, -0.05) is 34.5 Å². The summed E-state index contributed by atoms with van der Waals surface area (Å²) < 4.78 is 6.27. The molecule has 23 heavy (non-hydrogen) atoms. The summed E-state index contributed by atoms with van der Waals surface area (Å²) >= 11 is 6.17. The van der Waals surface area contributed by atoms with Crippen LogP contribution in [0.25, 0.3) is 11.1 Å². The second kappa shape index (κ2) is 6.62. The van der Waals surface area contributed by atoms with E-state index in [0.29, 0.717) is 21.9 Å². The van der Waals surface area contributed by atoms with Gasteiger partial charge in [-0.25, -0.2) is 4.79 Å². The molecule has 6 heteroatoms. The second-order valence-corrected chi connectivity index (χ2v) is 6.39. The summed E-state index contributed by atoms with van der Waals surface area (Å²) in [6, 6.07) is 6.43. The predicted octanol–water partition coefficient (Wildman–Crippen LogP) is 4.16. The molecule has 1 aromatic carbocycles. The Labute approximate surface area is 140 Å². The van der Waals surface area contributed by atoms with Crippen molar-refractivity contribution in [2.75, 3.05) is 0 Å². The Kier molecular flexibility index (Phi) is 5.00. The van der Waals surface area contributed by atoms with Crippen LogP contribution in [0.1, 0.15) is 33.5 Å². The van der Waals surface area contributed by atoms with Crippen molar-refractivity contribution in [2.45, 2.75) is 46.7 Å². The highest BCUT2D eigenvalue weighted by molar-refractivity contribution is 6.33. The van der Waals surface area contributed by atoms with E-state index >= 15 is 0 Å². The maximum Gasteiger partial charge on any atom is 0.361 e.